The molecule has 0 aliphatic heterocycles. The summed E-state index contributed by atoms with van der Waals surface area (Å²) in [7, 11) is 0. The van der Waals surface area contributed by atoms with E-state index < -0.39 is 34.5 Å². The van der Waals surface area contributed by atoms with Crippen LogP contribution in [0.25, 0.3) is 16.9 Å². The van der Waals surface area contributed by atoms with Crippen LogP contribution in [0.1, 0.15) is 27.0 Å². The van der Waals surface area contributed by atoms with E-state index in [0.717, 1.165) is 24.3 Å². The molecule has 1 aromatic heterocycles. The number of anilines is 1. The average Bonchev–Trinajstić information content (AvgIpc) is 3.26. The highest BCUT2D eigenvalue weighted by Gasteiger charge is 2.33. The number of nitrogens with zero attached hydrogens (tertiary/aromatic N) is 2. The SMILES string of the molecule is O=C(O)c1ccc(-n2cc(CNc3ccc(Cl)c(C(F)(F)F)c3)c(-c3ccc(C(F)(F)F)cc3)n2)cc1. The van der Waals surface area contributed by atoms with Crippen molar-refractivity contribution in [3.05, 3.63) is 100 Å². The second-order valence-electron chi connectivity index (χ2n) is 7.92. The highest BCUT2D eigenvalue weighted by atomic mass is 35.5. The third-order valence-corrected chi connectivity index (χ3v) is 5.74. The van der Waals surface area contributed by atoms with Gasteiger partial charge in [-0.3, -0.25) is 0 Å². The van der Waals surface area contributed by atoms with E-state index in [0.29, 0.717) is 16.8 Å². The van der Waals surface area contributed by atoms with Crippen molar-refractivity contribution in [2.24, 2.45) is 0 Å². The minimum atomic E-state index is -4.66. The Balaban J connectivity index is 1.70. The summed E-state index contributed by atoms with van der Waals surface area (Å²) in [6.07, 6.45) is -7.64. The molecule has 4 rings (SSSR count). The van der Waals surface area contributed by atoms with Crippen molar-refractivity contribution in [1.29, 1.82) is 0 Å². The lowest BCUT2D eigenvalue weighted by Gasteiger charge is -2.12. The van der Waals surface area contributed by atoms with E-state index in [1.807, 2.05) is 0 Å². The van der Waals surface area contributed by atoms with Crippen molar-refractivity contribution in [1.82, 2.24) is 9.78 Å². The Bertz CT molecular complexity index is 1430. The Morgan fingerprint density at radius 1 is 0.919 bits per heavy atom. The second-order valence-corrected chi connectivity index (χ2v) is 8.33. The van der Waals surface area contributed by atoms with Crippen molar-refractivity contribution in [2.45, 2.75) is 18.9 Å². The number of benzene rings is 3. The number of carboxylic acids is 1. The normalized spacial score (nSPS) is 12.0. The zero-order valence-corrected chi connectivity index (χ0v) is 19.3. The molecule has 1 heterocycles. The molecule has 0 aliphatic carbocycles. The van der Waals surface area contributed by atoms with Crippen molar-refractivity contribution < 1.29 is 36.2 Å². The Labute approximate surface area is 210 Å². The first-order chi connectivity index (χ1) is 17.3. The smallest absolute Gasteiger partial charge is 0.417 e. The van der Waals surface area contributed by atoms with Crippen molar-refractivity contribution >= 4 is 23.3 Å². The quantitative estimate of drug-likeness (QED) is 0.248. The van der Waals surface area contributed by atoms with Crippen molar-refractivity contribution in [2.75, 3.05) is 5.32 Å². The van der Waals surface area contributed by atoms with Gasteiger partial charge in [0.15, 0.2) is 0 Å². The largest absolute Gasteiger partial charge is 0.478 e. The second kappa shape index (κ2) is 9.81. The molecule has 192 valence electrons. The summed E-state index contributed by atoms with van der Waals surface area (Å²) in [6.45, 7) is -0.0253. The summed E-state index contributed by atoms with van der Waals surface area (Å²) in [5.74, 6) is -1.12. The fourth-order valence-electron chi connectivity index (χ4n) is 3.54. The van der Waals surface area contributed by atoms with E-state index in [4.69, 9.17) is 16.7 Å². The number of aromatic carboxylic acids is 1. The monoisotopic (exact) mass is 539 g/mol. The topological polar surface area (TPSA) is 67.2 Å². The van der Waals surface area contributed by atoms with E-state index in [-0.39, 0.29) is 23.5 Å². The molecule has 0 atom stereocenters. The Morgan fingerprint density at radius 3 is 2.14 bits per heavy atom. The standard InChI is InChI=1S/C25H16ClF6N3O2/c26-21-10-7-18(11-20(21)25(30,31)32)33-12-16-13-35(19-8-3-15(4-9-19)23(36)37)34-22(16)14-1-5-17(6-2-14)24(27,28)29/h1-11,13,33H,12H2,(H,36,37). The van der Waals surface area contributed by atoms with Gasteiger partial charge in [-0.15, -0.1) is 0 Å². The van der Waals surface area contributed by atoms with Crippen LogP contribution in [0.5, 0.6) is 0 Å². The fraction of sp³-hybridized carbons (Fsp3) is 0.120. The molecule has 5 nitrogen and oxygen atoms in total. The Kier molecular flexibility index (Phi) is 6.92. The van der Waals surface area contributed by atoms with Gasteiger partial charge < -0.3 is 10.4 Å². The highest BCUT2D eigenvalue weighted by molar-refractivity contribution is 6.31. The summed E-state index contributed by atoms with van der Waals surface area (Å²) in [6, 6.07) is 13.4. The number of carbonyl (C=O) groups is 1. The van der Waals surface area contributed by atoms with E-state index in [9.17, 15) is 31.1 Å². The van der Waals surface area contributed by atoms with Crippen LogP contribution in [0.4, 0.5) is 32.0 Å². The van der Waals surface area contributed by atoms with Gasteiger partial charge >= 0.3 is 18.3 Å². The molecule has 2 N–H and O–H groups in total. The van der Waals surface area contributed by atoms with Gasteiger partial charge in [0.25, 0.3) is 0 Å². The molecule has 0 spiro atoms. The Hall–Kier alpha value is -3.99. The zero-order chi connectivity index (χ0) is 27.0. The molecule has 0 unspecified atom stereocenters. The summed E-state index contributed by atoms with van der Waals surface area (Å²) >= 11 is 5.67. The fourth-order valence-corrected chi connectivity index (χ4v) is 3.76. The number of carboxylic acid groups (broad SMARTS) is 1. The summed E-state index contributed by atoms with van der Waals surface area (Å²) in [4.78, 5) is 11.1. The Morgan fingerprint density at radius 2 is 1.57 bits per heavy atom. The van der Waals surface area contributed by atoms with Gasteiger partial charge in [-0.05, 0) is 54.6 Å². The first-order valence-electron chi connectivity index (χ1n) is 10.5. The lowest BCUT2D eigenvalue weighted by molar-refractivity contribution is -0.138. The minimum absolute atomic E-state index is 0.0253. The third kappa shape index (κ3) is 5.88. The van der Waals surface area contributed by atoms with E-state index >= 15 is 0 Å². The van der Waals surface area contributed by atoms with Crippen LogP contribution in [-0.2, 0) is 18.9 Å². The molecule has 0 amide bonds. The van der Waals surface area contributed by atoms with Crippen LogP contribution in [0.2, 0.25) is 5.02 Å². The molecule has 0 fully saturated rings. The van der Waals surface area contributed by atoms with Crippen molar-refractivity contribution in [3.63, 3.8) is 0 Å². The van der Waals surface area contributed by atoms with Gasteiger partial charge in [0.05, 0.1) is 33.1 Å². The number of alkyl halides is 6. The van der Waals surface area contributed by atoms with E-state index in [2.05, 4.69) is 10.4 Å². The number of halogens is 7. The van der Waals surface area contributed by atoms with Crippen LogP contribution >= 0.6 is 11.6 Å². The van der Waals surface area contributed by atoms with Crippen LogP contribution in [-0.4, -0.2) is 20.9 Å². The predicted molar refractivity (Wildman–Crippen MR) is 125 cm³/mol. The van der Waals surface area contributed by atoms with Crippen LogP contribution < -0.4 is 5.32 Å². The number of rotatable bonds is 6. The average molecular weight is 540 g/mol. The first-order valence-corrected chi connectivity index (χ1v) is 10.9. The number of hydrogen-bond donors (Lipinski definition) is 2. The number of aromatic nitrogens is 2. The molecular weight excluding hydrogens is 524 g/mol. The number of nitrogens with one attached hydrogen (secondary N) is 1. The van der Waals surface area contributed by atoms with Gasteiger partial charge in [0, 0.05) is 29.6 Å². The molecule has 12 heteroatoms. The minimum Gasteiger partial charge on any atom is -0.478 e. The molecule has 0 bridgehead atoms. The van der Waals surface area contributed by atoms with Crippen molar-refractivity contribution in [3.8, 4) is 16.9 Å². The maximum absolute atomic E-state index is 13.2. The van der Waals surface area contributed by atoms with Gasteiger partial charge in [0.2, 0.25) is 0 Å². The zero-order valence-electron chi connectivity index (χ0n) is 18.5. The van der Waals surface area contributed by atoms with E-state index in [1.54, 1.807) is 6.20 Å². The number of hydrogen-bond acceptors (Lipinski definition) is 3. The maximum atomic E-state index is 13.2. The van der Waals surface area contributed by atoms with Gasteiger partial charge in [-0.25, -0.2) is 9.48 Å². The molecule has 0 saturated carbocycles. The molecule has 0 saturated heterocycles. The molecule has 0 radical (unpaired) electrons. The summed E-state index contributed by atoms with van der Waals surface area (Å²) in [5, 5.41) is 16.0. The van der Waals surface area contributed by atoms with Crippen LogP contribution in [0.3, 0.4) is 0 Å². The van der Waals surface area contributed by atoms with Gasteiger partial charge in [-0.1, -0.05) is 23.7 Å². The molecule has 0 aliphatic rings. The third-order valence-electron chi connectivity index (χ3n) is 5.41. The van der Waals surface area contributed by atoms with Crippen LogP contribution in [0, 0.1) is 0 Å². The molecule has 4 aromatic rings. The maximum Gasteiger partial charge on any atom is 0.417 e. The lowest BCUT2D eigenvalue weighted by Crippen LogP contribution is -2.07. The molecule has 3 aromatic carbocycles. The molecule has 37 heavy (non-hydrogen) atoms. The van der Waals surface area contributed by atoms with E-state index in [1.165, 1.54) is 47.1 Å². The molecular formula is C25H16ClF6N3O2. The lowest BCUT2D eigenvalue weighted by atomic mass is 10.1. The van der Waals surface area contributed by atoms with Crippen LogP contribution in [0.15, 0.2) is 72.9 Å². The van der Waals surface area contributed by atoms with Gasteiger partial charge in [-0.2, -0.15) is 31.4 Å². The first kappa shape index (κ1) is 26.1. The predicted octanol–water partition coefficient (Wildman–Crippen LogP) is 7.54. The summed E-state index contributed by atoms with van der Waals surface area (Å²) in [5.41, 5.74) is -0.137. The summed E-state index contributed by atoms with van der Waals surface area (Å²) < 4.78 is 80.1. The highest BCUT2D eigenvalue weighted by Crippen LogP contribution is 2.37. The van der Waals surface area contributed by atoms with Gasteiger partial charge in [0.1, 0.15) is 0 Å².